The Morgan fingerprint density at radius 2 is 1.69 bits per heavy atom. The molecule has 1 atom stereocenters. The van der Waals surface area contributed by atoms with E-state index in [1.807, 2.05) is 65.8 Å². The lowest BCUT2D eigenvalue weighted by Crippen LogP contribution is -2.39. The summed E-state index contributed by atoms with van der Waals surface area (Å²) in [6.45, 7) is 18.0. The predicted octanol–water partition coefficient (Wildman–Crippen LogP) is 7.54. The van der Waals surface area contributed by atoms with Crippen molar-refractivity contribution in [3.05, 3.63) is 71.2 Å². The zero-order chi connectivity index (χ0) is 32.9. The number of hydrazine groups is 1. The second-order valence-electron chi connectivity index (χ2n) is 13.8. The Morgan fingerprint density at radius 3 is 2.24 bits per heavy atom. The number of halogens is 1. The van der Waals surface area contributed by atoms with E-state index in [2.05, 4.69) is 24.2 Å². The van der Waals surface area contributed by atoms with Gasteiger partial charge in [-0.25, -0.2) is 20.0 Å². The lowest BCUT2D eigenvalue weighted by molar-refractivity contribution is -0.171. The number of nitrogen functional groups attached to an aromatic ring is 1. The molecule has 45 heavy (non-hydrogen) atoms. The van der Waals surface area contributed by atoms with Gasteiger partial charge in [0.15, 0.2) is 6.10 Å². The second kappa shape index (κ2) is 14.2. The minimum absolute atomic E-state index is 0.207. The van der Waals surface area contributed by atoms with Gasteiger partial charge in [-0.05, 0) is 95.2 Å². The summed E-state index contributed by atoms with van der Waals surface area (Å²) < 4.78 is 31.5. The van der Waals surface area contributed by atoms with Crippen molar-refractivity contribution in [2.24, 2.45) is 11.3 Å². The fourth-order valence-electron chi connectivity index (χ4n) is 5.59. The van der Waals surface area contributed by atoms with E-state index in [4.69, 9.17) is 25.0 Å². The number of ether oxygens (including phenoxy) is 3. The average molecular weight is 621 g/mol. The number of piperidine rings is 1. The number of pyridine rings is 1. The number of aryl methyl sites for hydroxylation is 1. The zero-order valence-electron chi connectivity index (χ0n) is 28.0. The van der Waals surface area contributed by atoms with E-state index < -0.39 is 17.7 Å². The maximum absolute atomic E-state index is 13.7. The van der Waals surface area contributed by atoms with Gasteiger partial charge in [0.05, 0.1) is 24.0 Å². The summed E-state index contributed by atoms with van der Waals surface area (Å²) in [5.74, 6) is 6.62. The molecule has 0 unspecified atom stereocenters. The molecule has 0 bridgehead atoms. The maximum atomic E-state index is 13.7. The van der Waals surface area contributed by atoms with Crippen molar-refractivity contribution in [2.75, 3.05) is 30.0 Å². The number of carbonyl (C=O) groups is 1. The average Bonchev–Trinajstić information content (AvgIpc) is 2.96. The molecule has 0 saturated carbocycles. The Balaban J connectivity index is 1.79. The van der Waals surface area contributed by atoms with Gasteiger partial charge in [0, 0.05) is 36.3 Å². The smallest absolute Gasteiger partial charge is 0.340 e. The molecule has 0 aliphatic carbocycles. The molecule has 1 aliphatic rings. The van der Waals surface area contributed by atoms with Crippen LogP contribution in [0.1, 0.15) is 84.2 Å². The summed E-state index contributed by atoms with van der Waals surface area (Å²) in [5, 5.41) is 0. The van der Waals surface area contributed by atoms with Crippen LogP contribution < -0.4 is 20.9 Å². The van der Waals surface area contributed by atoms with E-state index in [-0.39, 0.29) is 17.3 Å². The number of hydrogen-bond donors (Lipinski definition) is 2. The number of hydrogen-bond acceptors (Lipinski definition) is 8. The first-order valence-corrected chi connectivity index (χ1v) is 15.8. The van der Waals surface area contributed by atoms with E-state index in [0.717, 1.165) is 48.3 Å². The fraction of sp³-hybridized carbons (Fsp3) is 0.500. The second-order valence-corrected chi connectivity index (χ2v) is 13.8. The fourth-order valence-corrected chi connectivity index (χ4v) is 5.59. The number of carbonyl (C=O) groups excluding carboxylic acids is 1. The zero-order valence-corrected chi connectivity index (χ0v) is 28.0. The molecule has 244 valence electrons. The number of esters is 1. The van der Waals surface area contributed by atoms with E-state index >= 15 is 0 Å². The van der Waals surface area contributed by atoms with Crippen molar-refractivity contribution in [3.8, 4) is 16.9 Å². The SMILES string of the molecule is Cc1nc(NN)c(-c2ccc(OCCc3ccc(F)cc3)cc2)c(N2CCC(C)(C)CC2)c1[C@H](OC(C)(C)C)C(=O)OC(C)C. The van der Waals surface area contributed by atoms with Crippen LogP contribution in [-0.4, -0.2) is 42.4 Å². The molecule has 3 aromatic rings. The highest BCUT2D eigenvalue weighted by Gasteiger charge is 2.38. The van der Waals surface area contributed by atoms with Gasteiger partial charge in [-0.15, -0.1) is 0 Å². The van der Waals surface area contributed by atoms with Crippen LogP contribution in [0.5, 0.6) is 5.75 Å². The predicted molar refractivity (Wildman–Crippen MR) is 178 cm³/mol. The summed E-state index contributed by atoms with van der Waals surface area (Å²) in [6.07, 6.45) is 1.33. The largest absolute Gasteiger partial charge is 0.493 e. The van der Waals surface area contributed by atoms with E-state index in [9.17, 15) is 9.18 Å². The quantitative estimate of drug-likeness (QED) is 0.129. The van der Waals surface area contributed by atoms with Crippen LogP contribution in [0.3, 0.4) is 0 Å². The van der Waals surface area contributed by atoms with Gasteiger partial charge in [0.1, 0.15) is 17.4 Å². The minimum atomic E-state index is -0.996. The summed E-state index contributed by atoms with van der Waals surface area (Å²) >= 11 is 0. The molecule has 4 rings (SSSR count). The van der Waals surface area contributed by atoms with E-state index in [1.165, 1.54) is 12.1 Å². The van der Waals surface area contributed by atoms with E-state index in [1.54, 1.807) is 12.1 Å². The third kappa shape index (κ3) is 8.95. The first kappa shape index (κ1) is 34.2. The topological polar surface area (TPSA) is 98.9 Å². The number of benzene rings is 2. The van der Waals surface area contributed by atoms with Crippen molar-refractivity contribution < 1.29 is 23.4 Å². The van der Waals surface area contributed by atoms with Gasteiger partial charge >= 0.3 is 5.97 Å². The molecule has 3 N–H and O–H groups in total. The van der Waals surface area contributed by atoms with Crippen molar-refractivity contribution in [3.63, 3.8) is 0 Å². The lowest BCUT2D eigenvalue weighted by Gasteiger charge is -2.41. The van der Waals surface area contributed by atoms with Crippen LogP contribution in [0.2, 0.25) is 0 Å². The van der Waals surface area contributed by atoms with Crippen molar-refractivity contribution in [2.45, 2.75) is 92.5 Å². The lowest BCUT2D eigenvalue weighted by atomic mass is 9.82. The molecule has 0 spiro atoms. The Kier molecular flexibility index (Phi) is 10.8. The molecule has 1 fully saturated rings. The van der Waals surface area contributed by atoms with Crippen LogP contribution >= 0.6 is 0 Å². The van der Waals surface area contributed by atoms with E-state index in [0.29, 0.717) is 35.9 Å². The molecule has 9 heteroatoms. The molecule has 2 aromatic carbocycles. The van der Waals surface area contributed by atoms with Gasteiger partial charge in [-0.2, -0.15) is 0 Å². The van der Waals surface area contributed by atoms with Gasteiger partial charge < -0.3 is 24.5 Å². The molecule has 1 saturated heterocycles. The van der Waals surface area contributed by atoms with Crippen LogP contribution in [0.4, 0.5) is 15.9 Å². The Hall–Kier alpha value is -3.69. The summed E-state index contributed by atoms with van der Waals surface area (Å²) in [4.78, 5) is 20.9. The van der Waals surface area contributed by atoms with Gasteiger partial charge in [-0.3, -0.25) is 0 Å². The minimum Gasteiger partial charge on any atom is -0.493 e. The first-order valence-electron chi connectivity index (χ1n) is 15.8. The Labute approximate surface area is 267 Å². The first-order chi connectivity index (χ1) is 21.2. The molecule has 1 aliphatic heterocycles. The van der Waals surface area contributed by atoms with Crippen molar-refractivity contribution in [1.82, 2.24) is 4.98 Å². The highest BCUT2D eigenvalue weighted by Crippen LogP contribution is 2.46. The summed E-state index contributed by atoms with van der Waals surface area (Å²) in [6, 6.07) is 14.2. The number of anilines is 2. The van der Waals surface area contributed by atoms with Crippen LogP contribution in [0, 0.1) is 18.2 Å². The highest BCUT2D eigenvalue weighted by molar-refractivity contribution is 5.92. The van der Waals surface area contributed by atoms with Gasteiger partial charge in [-0.1, -0.05) is 38.1 Å². The number of rotatable bonds is 11. The Bertz CT molecular complexity index is 1440. The number of nitrogens with one attached hydrogen (secondary N) is 1. The molecule has 2 heterocycles. The van der Waals surface area contributed by atoms with Crippen LogP contribution in [-0.2, 0) is 20.7 Å². The number of nitrogens with zero attached hydrogens (tertiary/aromatic N) is 2. The molecule has 0 amide bonds. The summed E-state index contributed by atoms with van der Waals surface area (Å²) in [7, 11) is 0. The molecule has 8 nitrogen and oxygen atoms in total. The molecule has 1 aromatic heterocycles. The third-order valence-corrected chi connectivity index (χ3v) is 7.98. The normalized spacial score (nSPS) is 15.6. The molecular weight excluding hydrogens is 571 g/mol. The van der Waals surface area contributed by atoms with Crippen molar-refractivity contribution in [1.29, 1.82) is 0 Å². The van der Waals surface area contributed by atoms with Crippen LogP contribution in [0.15, 0.2) is 48.5 Å². The molecular formula is C36H49FN4O4. The third-order valence-electron chi connectivity index (χ3n) is 7.98. The monoisotopic (exact) mass is 620 g/mol. The highest BCUT2D eigenvalue weighted by atomic mass is 19.1. The number of nitrogens with two attached hydrogens (primary N) is 1. The van der Waals surface area contributed by atoms with Gasteiger partial charge in [0.25, 0.3) is 0 Å². The number of aromatic nitrogens is 1. The Morgan fingerprint density at radius 1 is 1.07 bits per heavy atom. The molecule has 0 radical (unpaired) electrons. The van der Waals surface area contributed by atoms with Crippen LogP contribution in [0.25, 0.3) is 11.1 Å². The maximum Gasteiger partial charge on any atom is 0.340 e. The van der Waals surface area contributed by atoms with Crippen molar-refractivity contribution >= 4 is 17.5 Å². The van der Waals surface area contributed by atoms with Gasteiger partial charge in [0.2, 0.25) is 0 Å². The summed E-state index contributed by atoms with van der Waals surface area (Å²) in [5.41, 5.74) is 7.25. The standard InChI is InChI=1S/C36H49FN4O4/c1-23(2)44-34(42)32(45-35(4,5)6)29-24(3)39-33(40-38)30(31(29)41-20-18-36(7,8)19-21-41)26-11-15-28(16-12-26)43-22-17-25-9-13-27(37)14-10-25/h9-16,23,32H,17-22,38H2,1-8H3,(H,39,40)/t32-/m0/s1.